The van der Waals surface area contributed by atoms with Crippen molar-refractivity contribution >= 4 is 17.9 Å². The van der Waals surface area contributed by atoms with Crippen molar-refractivity contribution in [3.8, 4) is 0 Å². The van der Waals surface area contributed by atoms with Crippen molar-refractivity contribution in [3.63, 3.8) is 0 Å². The van der Waals surface area contributed by atoms with Gasteiger partial charge in [0.05, 0.1) is 0 Å². The number of carbonyl (C=O) groups excluding carboxylic acids is 3. The van der Waals surface area contributed by atoms with E-state index in [1.807, 2.05) is 0 Å². The Bertz CT molecular complexity index is 1180. The van der Waals surface area contributed by atoms with Crippen LogP contribution in [0.15, 0.2) is 24.3 Å². The van der Waals surface area contributed by atoms with Crippen LogP contribution in [0.3, 0.4) is 0 Å². The van der Waals surface area contributed by atoms with Crippen LogP contribution in [-0.2, 0) is 28.6 Å². The Balaban J connectivity index is 4.27. The summed E-state index contributed by atoms with van der Waals surface area (Å²) >= 11 is 0. The van der Waals surface area contributed by atoms with Crippen LogP contribution >= 0.6 is 0 Å². The second-order valence-corrected chi connectivity index (χ2v) is 22.4. The fourth-order valence-corrected chi connectivity index (χ4v) is 9.99. The molecular formula is C67H126O6. The predicted molar refractivity (Wildman–Crippen MR) is 316 cm³/mol. The largest absolute Gasteiger partial charge is 0.462 e. The van der Waals surface area contributed by atoms with Gasteiger partial charge in [-0.2, -0.15) is 0 Å². The van der Waals surface area contributed by atoms with E-state index in [9.17, 15) is 14.4 Å². The van der Waals surface area contributed by atoms with Crippen LogP contribution < -0.4 is 0 Å². The molecule has 6 heteroatoms. The fourth-order valence-electron chi connectivity index (χ4n) is 9.99. The molecule has 0 aliphatic rings. The summed E-state index contributed by atoms with van der Waals surface area (Å²) < 4.78 is 16.9. The minimum Gasteiger partial charge on any atom is -0.462 e. The van der Waals surface area contributed by atoms with Crippen LogP contribution in [0.25, 0.3) is 0 Å². The summed E-state index contributed by atoms with van der Waals surface area (Å²) in [6.45, 7) is 6.66. The quantitative estimate of drug-likeness (QED) is 0.0261. The van der Waals surface area contributed by atoms with Crippen molar-refractivity contribution in [3.05, 3.63) is 24.3 Å². The third kappa shape index (κ3) is 60.6. The summed E-state index contributed by atoms with van der Waals surface area (Å²) in [4.78, 5) is 38.3. The molecule has 430 valence electrons. The lowest BCUT2D eigenvalue weighted by Gasteiger charge is -2.18. The van der Waals surface area contributed by atoms with E-state index in [0.717, 1.165) is 77.0 Å². The molecule has 0 spiro atoms. The van der Waals surface area contributed by atoms with Crippen LogP contribution in [0.1, 0.15) is 367 Å². The zero-order valence-corrected chi connectivity index (χ0v) is 49.4. The molecular weight excluding hydrogens is 901 g/mol. The highest BCUT2D eigenvalue weighted by Gasteiger charge is 2.19. The van der Waals surface area contributed by atoms with Crippen molar-refractivity contribution < 1.29 is 28.6 Å². The lowest BCUT2D eigenvalue weighted by molar-refractivity contribution is -0.167. The third-order valence-corrected chi connectivity index (χ3v) is 15.0. The smallest absolute Gasteiger partial charge is 0.306 e. The van der Waals surface area contributed by atoms with Crippen LogP contribution in [0.2, 0.25) is 0 Å². The summed E-state index contributed by atoms with van der Waals surface area (Å²) in [6.07, 6.45) is 74.8. The second kappa shape index (κ2) is 62.4. The van der Waals surface area contributed by atoms with E-state index in [1.54, 1.807) is 0 Å². The number of rotatable bonds is 61. The van der Waals surface area contributed by atoms with Gasteiger partial charge in [0.25, 0.3) is 0 Å². The van der Waals surface area contributed by atoms with Crippen molar-refractivity contribution in [1.82, 2.24) is 0 Å². The second-order valence-electron chi connectivity index (χ2n) is 22.4. The molecule has 0 saturated heterocycles. The molecule has 73 heavy (non-hydrogen) atoms. The summed E-state index contributed by atoms with van der Waals surface area (Å²) in [7, 11) is 0. The molecule has 0 aliphatic carbocycles. The molecule has 0 aliphatic heterocycles. The molecule has 0 aromatic carbocycles. The van der Waals surface area contributed by atoms with Crippen molar-refractivity contribution in [2.75, 3.05) is 13.2 Å². The van der Waals surface area contributed by atoms with Gasteiger partial charge in [-0.3, -0.25) is 14.4 Å². The Morgan fingerprint density at radius 1 is 0.274 bits per heavy atom. The third-order valence-electron chi connectivity index (χ3n) is 15.0. The van der Waals surface area contributed by atoms with E-state index >= 15 is 0 Å². The van der Waals surface area contributed by atoms with E-state index < -0.39 is 6.10 Å². The molecule has 0 bridgehead atoms. The minimum atomic E-state index is -0.773. The van der Waals surface area contributed by atoms with E-state index in [1.165, 1.54) is 250 Å². The highest BCUT2D eigenvalue weighted by Crippen LogP contribution is 2.18. The molecule has 0 aromatic heterocycles. The molecule has 0 rings (SSSR count). The topological polar surface area (TPSA) is 78.9 Å². The molecule has 1 atom stereocenters. The van der Waals surface area contributed by atoms with E-state index in [4.69, 9.17) is 14.2 Å². The molecule has 0 radical (unpaired) electrons. The van der Waals surface area contributed by atoms with Crippen molar-refractivity contribution in [2.45, 2.75) is 374 Å². The SMILES string of the molecule is CCCC/C=C\C/C=C\CCCCCCCC(=O)OCC(COC(=O)CCCCCCCCCCCCCCCCCCCCCCCC)OC(=O)CCCCCCCCCCCCCCCCCCCCC. The first kappa shape index (κ1) is 70.9. The molecule has 0 aromatic rings. The molecule has 0 amide bonds. The lowest BCUT2D eigenvalue weighted by atomic mass is 10.0. The first-order valence-electron chi connectivity index (χ1n) is 32.8. The number of esters is 3. The van der Waals surface area contributed by atoms with Crippen molar-refractivity contribution in [2.24, 2.45) is 0 Å². The summed E-state index contributed by atoms with van der Waals surface area (Å²) in [5.41, 5.74) is 0. The Kier molecular flexibility index (Phi) is 60.6. The van der Waals surface area contributed by atoms with Gasteiger partial charge in [-0.25, -0.2) is 0 Å². The fraction of sp³-hybridized carbons (Fsp3) is 0.896. The number of allylic oxidation sites excluding steroid dienone is 4. The number of carbonyl (C=O) groups is 3. The van der Waals surface area contributed by atoms with Crippen LogP contribution in [0.5, 0.6) is 0 Å². The Morgan fingerprint density at radius 3 is 0.795 bits per heavy atom. The minimum absolute atomic E-state index is 0.0695. The Morgan fingerprint density at radius 2 is 0.507 bits per heavy atom. The van der Waals surface area contributed by atoms with Gasteiger partial charge in [-0.1, -0.05) is 328 Å². The van der Waals surface area contributed by atoms with Gasteiger partial charge in [0.15, 0.2) is 6.10 Å². The van der Waals surface area contributed by atoms with Gasteiger partial charge < -0.3 is 14.2 Å². The molecule has 0 fully saturated rings. The standard InChI is InChI=1S/C67H126O6/c1-4-7-10-13-16-19-22-25-28-30-32-33-34-36-37-39-42-45-48-51-54-57-60-66(69)72-63-64(62-71-65(68)59-56-53-50-47-44-41-27-24-21-18-15-12-9-6-3)73-67(70)61-58-55-52-49-46-43-40-38-35-31-29-26-23-20-17-14-11-8-5-2/h15,18,24,27,64H,4-14,16-17,19-23,25-26,28-63H2,1-3H3/b18-15-,27-24-. The van der Waals surface area contributed by atoms with Gasteiger partial charge >= 0.3 is 17.9 Å². The highest BCUT2D eigenvalue weighted by molar-refractivity contribution is 5.71. The average Bonchev–Trinajstić information content (AvgIpc) is 3.39. The van der Waals surface area contributed by atoms with Gasteiger partial charge in [-0.15, -0.1) is 0 Å². The number of hydrogen-bond acceptors (Lipinski definition) is 6. The summed E-state index contributed by atoms with van der Waals surface area (Å²) in [5.74, 6) is -0.855. The van der Waals surface area contributed by atoms with Gasteiger partial charge in [0.1, 0.15) is 13.2 Å². The first-order valence-corrected chi connectivity index (χ1v) is 32.8. The maximum atomic E-state index is 12.9. The molecule has 6 nitrogen and oxygen atoms in total. The van der Waals surface area contributed by atoms with Gasteiger partial charge in [0.2, 0.25) is 0 Å². The van der Waals surface area contributed by atoms with Crippen molar-refractivity contribution in [1.29, 1.82) is 0 Å². The monoisotopic (exact) mass is 1030 g/mol. The molecule has 0 heterocycles. The summed E-state index contributed by atoms with van der Waals surface area (Å²) in [5, 5.41) is 0. The molecule has 1 unspecified atom stereocenters. The molecule has 0 saturated carbocycles. The maximum absolute atomic E-state index is 12.9. The number of ether oxygens (including phenoxy) is 3. The van der Waals surface area contributed by atoms with E-state index in [2.05, 4.69) is 45.1 Å². The lowest BCUT2D eigenvalue weighted by Crippen LogP contribution is -2.30. The van der Waals surface area contributed by atoms with E-state index in [0.29, 0.717) is 19.3 Å². The zero-order valence-electron chi connectivity index (χ0n) is 49.4. The summed E-state index contributed by atoms with van der Waals surface area (Å²) in [6, 6.07) is 0. The number of hydrogen-bond donors (Lipinski definition) is 0. The normalized spacial score (nSPS) is 12.1. The van der Waals surface area contributed by atoms with E-state index in [-0.39, 0.29) is 31.1 Å². The van der Waals surface area contributed by atoms with Gasteiger partial charge in [0, 0.05) is 19.3 Å². The highest BCUT2D eigenvalue weighted by atomic mass is 16.6. The van der Waals surface area contributed by atoms with Crippen LogP contribution in [-0.4, -0.2) is 37.2 Å². The predicted octanol–water partition coefficient (Wildman–Crippen LogP) is 22.2. The molecule has 0 N–H and O–H groups in total. The zero-order chi connectivity index (χ0) is 52.9. The average molecular weight is 1030 g/mol. The Labute approximate surface area is 455 Å². The van der Waals surface area contributed by atoms with Crippen LogP contribution in [0, 0.1) is 0 Å². The van der Waals surface area contributed by atoms with Crippen LogP contribution in [0.4, 0.5) is 0 Å². The maximum Gasteiger partial charge on any atom is 0.306 e. The first-order chi connectivity index (χ1) is 36.0. The van der Waals surface area contributed by atoms with Gasteiger partial charge in [-0.05, 0) is 44.9 Å². The Hall–Kier alpha value is -2.11. The number of unbranched alkanes of at least 4 members (excludes halogenated alkanes) is 46.